The first-order chi connectivity index (χ1) is 20.5. The van der Waals surface area contributed by atoms with Crippen molar-refractivity contribution >= 4 is 51.6 Å². The standard InChI is InChI=1S/C34H34N2O4S2/c1-2-40-34(39)29-28(23-13-6-3-7-14-23)22-41-33(29)36-32(38)30(24-15-8-4-9-16-24)42-27-20-12-19-26(21-27)35-31(37)25-17-10-5-11-18-25/h3-4,6-9,12-16,19-22,25,30H,2,5,10-11,17-18H2,1H3,(H,35,37)(H,36,38). The number of anilines is 2. The third-order valence-electron chi connectivity index (χ3n) is 7.26. The highest BCUT2D eigenvalue weighted by Gasteiger charge is 2.28. The van der Waals surface area contributed by atoms with Crippen LogP contribution in [-0.4, -0.2) is 24.4 Å². The van der Waals surface area contributed by atoms with Gasteiger partial charge in [-0.1, -0.05) is 86.0 Å². The molecule has 6 nitrogen and oxygen atoms in total. The lowest BCUT2D eigenvalue weighted by Gasteiger charge is -2.21. The van der Waals surface area contributed by atoms with E-state index in [0.717, 1.165) is 53.0 Å². The monoisotopic (exact) mass is 598 g/mol. The van der Waals surface area contributed by atoms with Gasteiger partial charge in [0.15, 0.2) is 0 Å². The lowest BCUT2D eigenvalue weighted by molar-refractivity contribution is -0.120. The number of amides is 2. The zero-order valence-corrected chi connectivity index (χ0v) is 25.1. The van der Waals surface area contributed by atoms with Crippen molar-refractivity contribution in [3.05, 3.63) is 101 Å². The van der Waals surface area contributed by atoms with Gasteiger partial charge >= 0.3 is 5.97 Å². The van der Waals surface area contributed by atoms with E-state index in [4.69, 9.17) is 4.74 Å². The number of carbonyl (C=O) groups is 3. The summed E-state index contributed by atoms with van der Waals surface area (Å²) in [7, 11) is 0. The Kier molecular flexibility index (Phi) is 10.1. The molecule has 3 aromatic carbocycles. The number of thiophene rings is 1. The Morgan fingerprint density at radius 1 is 0.905 bits per heavy atom. The summed E-state index contributed by atoms with van der Waals surface area (Å²) in [6.07, 6.45) is 5.24. The van der Waals surface area contributed by atoms with Crippen LogP contribution >= 0.6 is 23.1 Å². The van der Waals surface area contributed by atoms with E-state index in [0.29, 0.717) is 10.6 Å². The van der Waals surface area contributed by atoms with E-state index >= 15 is 0 Å². The highest BCUT2D eigenvalue weighted by molar-refractivity contribution is 8.00. The number of carbonyl (C=O) groups excluding carboxylic acids is 3. The Labute approximate surface area is 254 Å². The summed E-state index contributed by atoms with van der Waals surface area (Å²) in [5, 5.41) is 7.84. The first kappa shape index (κ1) is 29.6. The second kappa shape index (κ2) is 14.3. The van der Waals surface area contributed by atoms with Crippen LogP contribution in [0, 0.1) is 5.92 Å². The van der Waals surface area contributed by atoms with Crippen molar-refractivity contribution in [2.24, 2.45) is 5.92 Å². The normalized spacial score (nSPS) is 14.1. The van der Waals surface area contributed by atoms with Crippen molar-refractivity contribution in [3.63, 3.8) is 0 Å². The van der Waals surface area contributed by atoms with Gasteiger partial charge in [0.1, 0.15) is 15.8 Å². The maximum Gasteiger partial charge on any atom is 0.341 e. The predicted molar refractivity (Wildman–Crippen MR) is 171 cm³/mol. The molecule has 42 heavy (non-hydrogen) atoms. The number of benzene rings is 3. The largest absolute Gasteiger partial charge is 0.462 e. The molecule has 0 radical (unpaired) electrons. The smallest absolute Gasteiger partial charge is 0.341 e. The van der Waals surface area contributed by atoms with Crippen molar-refractivity contribution in [1.82, 2.24) is 0 Å². The fourth-order valence-electron chi connectivity index (χ4n) is 5.16. The number of ether oxygens (including phenoxy) is 1. The molecule has 1 atom stereocenters. The molecule has 4 aromatic rings. The summed E-state index contributed by atoms with van der Waals surface area (Å²) in [6, 6.07) is 26.8. The van der Waals surface area contributed by atoms with Gasteiger partial charge in [-0.15, -0.1) is 23.1 Å². The third-order valence-corrected chi connectivity index (χ3v) is 9.41. The van der Waals surface area contributed by atoms with Crippen molar-refractivity contribution in [1.29, 1.82) is 0 Å². The number of rotatable bonds is 10. The van der Waals surface area contributed by atoms with Gasteiger partial charge < -0.3 is 15.4 Å². The van der Waals surface area contributed by atoms with Crippen LogP contribution < -0.4 is 10.6 Å². The van der Waals surface area contributed by atoms with Crippen LogP contribution in [0.4, 0.5) is 10.7 Å². The van der Waals surface area contributed by atoms with E-state index in [1.165, 1.54) is 29.5 Å². The topological polar surface area (TPSA) is 84.5 Å². The van der Waals surface area contributed by atoms with Gasteiger partial charge in [0.2, 0.25) is 11.8 Å². The summed E-state index contributed by atoms with van der Waals surface area (Å²) in [5.74, 6) is -0.612. The average Bonchev–Trinajstić information content (AvgIpc) is 3.45. The molecule has 1 fully saturated rings. The molecule has 2 amide bonds. The van der Waals surface area contributed by atoms with Crippen molar-refractivity contribution in [2.75, 3.05) is 17.2 Å². The van der Waals surface area contributed by atoms with Gasteiger partial charge in [-0.25, -0.2) is 4.79 Å². The van der Waals surface area contributed by atoms with Crippen LogP contribution in [0.25, 0.3) is 11.1 Å². The molecule has 8 heteroatoms. The quantitative estimate of drug-likeness (QED) is 0.141. The van der Waals surface area contributed by atoms with Crippen LogP contribution in [0.5, 0.6) is 0 Å². The fraction of sp³-hybridized carbons (Fsp3) is 0.265. The van der Waals surface area contributed by atoms with E-state index in [9.17, 15) is 14.4 Å². The Morgan fingerprint density at radius 3 is 2.33 bits per heavy atom. The molecule has 216 valence electrons. The highest BCUT2D eigenvalue weighted by atomic mass is 32.2. The van der Waals surface area contributed by atoms with Crippen molar-refractivity contribution in [2.45, 2.75) is 49.2 Å². The van der Waals surface area contributed by atoms with Gasteiger partial charge in [-0.05, 0) is 49.1 Å². The molecule has 0 spiro atoms. The van der Waals surface area contributed by atoms with E-state index in [1.807, 2.05) is 90.3 Å². The number of thioether (sulfide) groups is 1. The minimum Gasteiger partial charge on any atom is -0.462 e. The van der Waals surface area contributed by atoms with Crippen molar-refractivity contribution in [3.8, 4) is 11.1 Å². The first-order valence-corrected chi connectivity index (χ1v) is 16.1. The molecule has 2 N–H and O–H groups in total. The van der Waals surface area contributed by atoms with Crippen LogP contribution in [-0.2, 0) is 14.3 Å². The lowest BCUT2D eigenvalue weighted by Crippen LogP contribution is -2.24. The summed E-state index contributed by atoms with van der Waals surface area (Å²) >= 11 is 2.70. The van der Waals surface area contributed by atoms with Crippen LogP contribution in [0.3, 0.4) is 0 Å². The maximum absolute atomic E-state index is 13.9. The van der Waals surface area contributed by atoms with Crippen LogP contribution in [0.15, 0.2) is 95.2 Å². The summed E-state index contributed by atoms with van der Waals surface area (Å²) < 4.78 is 5.38. The zero-order valence-electron chi connectivity index (χ0n) is 23.5. The Hall–Kier alpha value is -3.88. The SMILES string of the molecule is CCOC(=O)c1c(-c2ccccc2)csc1NC(=O)C(Sc1cccc(NC(=O)C2CCCCC2)c1)c1ccccc1. The third kappa shape index (κ3) is 7.30. The molecular weight excluding hydrogens is 565 g/mol. The van der Waals surface area contributed by atoms with E-state index in [2.05, 4.69) is 10.6 Å². The number of hydrogen-bond donors (Lipinski definition) is 2. The molecule has 1 unspecified atom stereocenters. The molecule has 1 aromatic heterocycles. The van der Waals surface area contributed by atoms with Gasteiger partial charge in [-0.2, -0.15) is 0 Å². The van der Waals surface area contributed by atoms with Gasteiger partial charge in [-0.3, -0.25) is 9.59 Å². The fourth-order valence-corrected chi connectivity index (χ4v) is 7.20. The van der Waals surface area contributed by atoms with E-state index in [1.54, 1.807) is 6.92 Å². The second-order valence-electron chi connectivity index (χ2n) is 10.2. The number of hydrogen-bond acceptors (Lipinski definition) is 6. The molecular formula is C34H34N2O4S2. The molecule has 1 aliphatic rings. The molecule has 0 aliphatic heterocycles. The van der Waals surface area contributed by atoms with Crippen LogP contribution in [0.2, 0.25) is 0 Å². The maximum atomic E-state index is 13.9. The van der Waals surface area contributed by atoms with E-state index < -0.39 is 11.2 Å². The minimum absolute atomic E-state index is 0.0538. The minimum atomic E-state index is -0.604. The Balaban J connectivity index is 1.39. The first-order valence-electron chi connectivity index (χ1n) is 14.3. The summed E-state index contributed by atoms with van der Waals surface area (Å²) in [5.41, 5.74) is 3.50. The van der Waals surface area contributed by atoms with Gasteiger partial charge in [0, 0.05) is 27.4 Å². The number of esters is 1. The average molecular weight is 599 g/mol. The van der Waals surface area contributed by atoms with E-state index in [-0.39, 0.29) is 24.3 Å². The highest BCUT2D eigenvalue weighted by Crippen LogP contribution is 2.40. The molecule has 5 rings (SSSR count). The van der Waals surface area contributed by atoms with Gasteiger partial charge in [0.25, 0.3) is 0 Å². The van der Waals surface area contributed by atoms with Crippen LogP contribution in [0.1, 0.15) is 60.2 Å². The Morgan fingerprint density at radius 2 is 1.62 bits per heavy atom. The Bertz CT molecular complexity index is 1520. The molecule has 1 saturated carbocycles. The predicted octanol–water partition coefficient (Wildman–Crippen LogP) is 8.58. The molecule has 1 aliphatic carbocycles. The van der Waals surface area contributed by atoms with Crippen molar-refractivity contribution < 1.29 is 19.1 Å². The zero-order chi connectivity index (χ0) is 29.3. The van der Waals surface area contributed by atoms with Gasteiger partial charge in [0.05, 0.1) is 6.61 Å². The summed E-state index contributed by atoms with van der Waals surface area (Å²) in [4.78, 5) is 40.7. The second-order valence-corrected chi connectivity index (χ2v) is 12.2. The molecule has 1 heterocycles. The molecule has 0 bridgehead atoms. The molecule has 0 saturated heterocycles. The lowest BCUT2D eigenvalue weighted by atomic mass is 9.88. The summed E-state index contributed by atoms with van der Waals surface area (Å²) in [6.45, 7) is 1.99. The number of nitrogens with one attached hydrogen (secondary N) is 2.